The third kappa shape index (κ3) is 3.19. The van der Waals surface area contributed by atoms with E-state index in [4.69, 9.17) is 15.9 Å². The smallest absolute Gasteiger partial charge is 0.408 e. The molecule has 18 heavy (non-hydrogen) atoms. The average molecular weight is 250 g/mol. The fourth-order valence-corrected chi connectivity index (χ4v) is 1.76. The molecule has 6 nitrogen and oxygen atoms in total. The van der Waals surface area contributed by atoms with E-state index in [1.165, 1.54) is 0 Å². The van der Waals surface area contributed by atoms with Crippen molar-refractivity contribution in [2.75, 3.05) is 19.6 Å². The number of benzene rings is 1. The zero-order valence-corrected chi connectivity index (χ0v) is 10.1. The fraction of sp³-hybridized carbons (Fsp3) is 0.417. The van der Waals surface area contributed by atoms with Crippen LogP contribution in [0.4, 0.5) is 0 Å². The molecule has 6 N–H and O–H groups in total. The van der Waals surface area contributed by atoms with Gasteiger partial charge in [0.1, 0.15) is 0 Å². The molecule has 1 atom stereocenters. The van der Waals surface area contributed by atoms with Gasteiger partial charge in [0.05, 0.1) is 5.52 Å². The minimum absolute atomic E-state index is 0.00212. The summed E-state index contributed by atoms with van der Waals surface area (Å²) < 4.78 is 4.94. The number of aromatic nitrogens is 1. The van der Waals surface area contributed by atoms with Gasteiger partial charge in [0.15, 0.2) is 5.58 Å². The summed E-state index contributed by atoms with van der Waals surface area (Å²) in [5, 5.41) is 3.24. The summed E-state index contributed by atoms with van der Waals surface area (Å²) >= 11 is 0. The second kappa shape index (κ2) is 5.81. The number of hydrogen-bond acceptors (Lipinski definition) is 5. The second-order valence-electron chi connectivity index (χ2n) is 4.29. The average Bonchev–Trinajstić information content (AvgIpc) is 2.73. The third-order valence-corrected chi connectivity index (χ3v) is 2.78. The van der Waals surface area contributed by atoms with E-state index in [9.17, 15) is 4.79 Å². The van der Waals surface area contributed by atoms with E-state index in [0.29, 0.717) is 18.7 Å². The molecule has 1 unspecified atom stereocenters. The minimum Gasteiger partial charge on any atom is -0.408 e. The van der Waals surface area contributed by atoms with Crippen molar-refractivity contribution >= 4 is 11.1 Å². The standard InChI is InChI=1S/C12H18N4O2/c13-6-9(14)7-15-4-3-8-1-2-11-10(5-8)16-12(17)18-11/h1-2,5,9,15H,3-4,6-7,13-14H2,(H,16,17). The van der Waals surface area contributed by atoms with Crippen molar-refractivity contribution in [1.29, 1.82) is 0 Å². The normalized spacial score (nSPS) is 13.0. The topological polar surface area (TPSA) is 110 Å². The molecule has 0 saturated carbocycles. The highest BCUT2D eigenvalue weighted by molar-refractivity contribution is 5.72. The second-order valence-corrected chi connectivity index (χ2v) is 4.29. The molecule has 0 spiro atoms. The van der Waals surface area contributed by atoms with Crippen LogP contribution in [0.25, 0.3) is 11.1 Å². The van der Waals surface area contributed by atoms with Gasteiger partial charge in [0, 0.05) is 19.1 Å². The fourth-order valence-electron chi connectivity index (χ4n) is 1.76. The Bertz CT molecular complexity index is 560. The van der Waals surface area contributed by atoms with Gasteiger partial charge in [-0.25, -0.2) is 4.79 Å². The van der Waals surface area contributed by atoms with Crippen molar-refractivity contribution < 1.29 is 4.42 Å². The van der Waals surface area contributed by atoms with Crippen LogP contribution in [0.2, 0.25) is 0 Å². The summed E-state index contributed by atoms with van der Waals surface area (Å²) in [5.41, 5.74) is 13.6. The van der Waals surface area contributed by atoms with Gasteiger partial charge in [-0.05, 0) is 30.7 Å². The molecular weight excluding hydrogens is 232 g/mol. The molecule has 0 radical (unpaired) electrons. The molecule has 1 heterocycles. The number of hydrogen-bond donors (Lipinski definition) is 4. The summed E-state index contributed by atoms with van der Waals surface area (Å²) in [6.45, 7) is 2.01. The first kappa shape index (κ1) is 12.8. The van der Waals surface area contributed by atoms with Crippen LogP contribution in [-0.4, -0.2) is 30.7 Å². The number of fused-ring (bicyclic) bond motifs is 1. The van der Waals surface area contributed by atoms with E-state index in [-0.39, 0.29) is 6.04 Å². The zero-order chi connectivity index (χ0) is 13.0. The number of nitrogens with two attached hydrogens (primary N) is 2. The number of aromatic amines is 1. The Morgan fingerprint density at radius 1 is 1.44 bits per heavy atom. The van der Waals surface area contributed by atoms with E-state index < -0.39 is 5.76 Å². The molecule has 98 valence electrons. The Labute approximate surface area is 104 Å². The van der Waals surface area contributed by atoms with Gasteiger partial charge < -0.3 is 21.2 Å². The highest BCUT2D eigenvalue weighted by Gasteiger charge is 2.02. The lowest BCUT2D eigenvalue weighted by Crippen LogP contribution is -2.40. The third-order valence-electron chi connectivity index (χ3n) is 2.78. The summed E-state index contributed by atoms with van der Waals surface area (Å²) in [5.74, 6) is -0.422. The number of nitrogens with one attached hydrogen (secondary N) is 2. The van der Waals surface area contributed by atoms with Crippen LogP contribution >= 0.6 is 0 Å². The van der Waals surface area contributed by atoms with E-state index in [1.807, 2.05) is 12.1 Å². The van der Waals surface area contributed by atoms with Crippen LogP contribution in [-0.2, 0) is 6.42 Å². The van der Waals surface area contributed by atoms with Crippen molar-refractivity contribution in [1.82, 2.24) is 10.3 Å². The molecule has 0 aliphatic carbocycles. The van der Waals surface area contributed by atoms with Crippen LogP contribution in [0.15, 0.2) is 27.4 Å². The van der Waals surface area contributed by atoms with Crippen molar-refractivity contribution in [3.05, 3.63) is 34.3 Å². The van der Waals surface area contributed by atoms with Gasteiger partial charge in [-0.2, -0.15) is 0 Å². The maximum absolute atomic E-state index is 11.0. The molecule has 6 heteroatoms. The Morgan fingerprint density at radius 2 is 2.28 bits per heavy atom. The van der Waals surface area contributed by atoms with E-state index in [0.717, 1.165) is 24.0 Å². The van der Waals surface area contributed by atoms with E-state index in [2.05, 4.69) is 10.3 Å². The van der Waals surface area contributed by atoms with Crippen molar-refractivity contribution in [3.63, 3.8) is 0 Å². The summed E-state index contributed by atoms with van der Waals surface area (Å²) in [7, 11) is 0. The molecule has 1 aromatic carbocycles. The van der Waals surface area contributed by atoms with Crippen LogP contribution in [0.1, 0.15) is 5.56 Å². The number of rotatable bonds is 6. The molecule has 0 fully saturated rings. The molecule has 0 bridgehead atoms. The monoisotopic (exact) mass is 250 g/mol. The number of H-pyrrole nitrogens is 1. The van der Waals surface area contributed by atoms with Gasteiger partial charge in [-0.3, -0.25) is 4.98 Å². The lowest BCUT2D eigenvalue weighted by Gasteiger charge is -2.09. The largest absolute Gasteiger partial charge is 0.417 e. The molecule has 2 aromatic rings. The molecule has 0 aliphatic rings. The van der Waals surface area contributed by atoms with Crippen molar-refractivity contribution in [2.24, 2.45) is 11.5 Å². The Kier molecular flexibility index (Phi) is 4.14. The lowest BCUT2D eigenvalue weighted by atomic mass is 10.1. The lowest BCUT2D eigenvalue weighted by molar-refractivity contribution is 0.555. The van der Waals surface area contributed by atoms with Crippen LogP contribution < -0.4 is 22.5 Å². The Hall–Kier alpha value is -1.63. The zero-order valence-electron chi connectivity index (χ0n) is 10.1. The quantitative estimate of drug-likeness (QED) is 0.518. The predicted molar refractivity (Wildman–Crippen MR) is 70.4 cm³/mol. The van der Waals surface area contributed by atoms with Gasteiger partial charge in [-0.15, -0.1) is 0 Å². The molecular formula is C12H18N4O2. The van der Waals surface area contributed by atoms with E-state index >= 15 is 0 Å². The van der Waals surface area contributed by atoms with Crippen LogP contribution in [0.5, 0.6) is 0 Å². The molecule has 0 aliphatic heterocycles. The Balaban J connectivity index is 1.89. The highest BCUT2D eigenvalue weighted by atomic mass is 16.4. The summed E-state index contributed by atoms with van der Waals surface area (Å²) in [6.07, 6.45) is 0.862. The first-order valence-corrected chi connectivity index (χ1v) is 5.97. The van der Waals surface area contributed by atoms with Gasteiger partial charge in [0.2, 0.25) is 0 Å². The Morgan fingerprint density at radius 3 is 3.06 bits per heavy atom. The predicted octanol–water partition coefficient (Wildman–Crippen LogP) is -0.461. The highest BCUT2D eigenvalue weighted by Crippen LogP contribution is 2.12. The number of oxazole rings is 1. The van der Waals surface area contributed by atoms with Crippen molar-refractivity contribution in [2.45, 2.75) is 12.5 Å². The molecule has 2 rings (SSSR count). The molecule has 0 amide bonds. The van der Waals surface area contributed by atoms with Crippen LogP contribution in [0, 0.1) is 0 Å². The van der Waals surface area contributed by atoms with Gasteiger partial charge >= 0.3 is 5.76 Å². The summed E-state index contributed by atoms with van der Waals surface area (Å²) in [6, 6.07) is 5.67. The first-order chi connectivity index (χ1) is 8.69. The SMILES string of the molecule is NCC(N)CNCCc1ccc2oc(=O)[nH]c2c1. The van der Waals surface area contributed by atoms with Gasteiger partial charge in [0.25, 0.3) is 0 Å². The van der Waals surface area contributed by atoms with Gasteiger partial charge in [-0.1, -0.05) is 6.07 Å². The maximum atomic E-state index is 11.0. The molecule has 1 aromatic heterocycles. The first-order valence-electron chi connectivity index (χ1n) is 5.97. The molecule has 0 saturated heterocycles. The van der Waals surface area contributed by atoms with Crippen molar-refractivity contribution in [3.8, 4) is 0 Å². The van der Waals surface area contributed by atoms with E-state index in [1.54, 1.807) is 6.07 Å². The van der Waals surface area contributed by atoms with Crippen LogP contribution in [0.3, 0.4) is 0 Å². The maximum Gasteiger partial charge on any atom is 0.417 e. The summed E-state index contributed by atoms with van der Waals surface area (Å²) in [4.78, 5) is 13.6. The minimum atomic E-state index is -0.422.